The lowest BCUT2D eigenvalue weighted by atomic mass is 10.0. The number of furan rings is 5. The second-order valence-corrected chi connectivity index (χ2v) is 25.4. The van der Waals surface area contributed by atoms with E-state index >= 15 is 0 Å². The number of ether oxygens (including phenoxy) is 4. The van der Waals surface area contributed by atoms with Crippen LogP contribution < -0.4 is 45.9 Å². The van der Waals surface area contributed by atoms with Crippen molar-refractivity contribution in [3.8, 4) is 90.6 Å². The Kier molecular flexibility index (Phi) is 19.9. The summed E-state index contributed by atoms with van der Waals surface area (Å²) in [6.07, 6.45) is 30.5. The summed E-state index contributed by atoms with van der Waals surface area (Å²) < 4.78 is 49.1. The Morgan fingerprint density at radius 3 is 1.14 bits per heavy atom. The summed E-state index contributed by atoms with van der Waals surface area (Å²) in [4.78, 5) is 34.8. The molecule has 18 aromatic rings. The smallest absolute Gasteiger partial charge is 0.224 e. The molecule has 13 heterocycles. The van der Waals surface area contributed by atoms with E-state index in [1.165, 1.54) is 19.0 Å². The van der Waals surface area contributed by atoms with Crippen LogP contribution in [0.15, 0.2) is 273 Å². The van der Waals surface area contributed by atoms with E-state index in [-0.39, 0.29) is 5.95 Å². The highest BCUT2D eigenvalue weighted by Gasteiger charge is 2.24. The molecule has 30 heteroatoms. The van der Waals surface area contributed by atoms with Crippen LogP contribution in [0.2, 0.25) is 0 Å². The van der Waals surface area contributed by atoms with Gasteiger partial charge in [0.15, 0.2) is 34.1 Å². The van der Waals surface area contributed by atoms with E-state index in [4.69, 9.17) is 46.8 Å². The number of rotatable bonds is 20. The monoisotopic (exact) mass is 1510 g/mol. The topological polar surface area (TPSA) is 395 Å². The minimum atomic E-state index is 0.112. The predicted octanol–water partition coefficient (Wildman–Crippen LogP) is 18.7. The van der Waals surface area contributed by atoms with Crippen molar-refractivity contribution in [1.82, 2.24) is 80.7 Å². The number of nitrogens with one attached hydrogen (secondary N) is 8. The van der Waals surface area contributed by atoms with Gasteiger partial charge in [0.05, 0.1) is 128 Å². The third-order valence-electron chi connectivity index (χ3n) is 18.6. The van der Waals surface area contributed by atoms with Crippen molar-refractivity contribution in [2.45, 2.75) is 12.8 Å². The molecule has 2 aliphatic rings. The first-order valence-corrected chi connectivity index (χ1v) is 35.6. The third-order valence-corrected chi connectivity index (χ3v) is 18.6. The fraction of sp³-hybridized carbons (Fsp3) is 0.0714. The minimum Gasteiger partial charge on any atom is -0.495 e. The highest BCUT2D eigenvalue weighted by molar-refractivity contribution is 6.03. The summed E-state index contributed by atoms with van der Waals surface area (Å²) in [6.45, 7) is 0. The molecule has 13 aromatic heterocycles. The molecule has 2 aliphatic carbocycles. The normalized spacial score (nSPS) is 12.0. The van der Waals surface area contributed by atoms with E-state index in [0.29, 0.717) is 97.2 Å². The van der Waals surface area contributed by atoms with Gasteiger partial charge >= 0.3 is 0 Å². The molecule has 20 rings (SSSR count). The Bertz CT molecular complexity index is 6330. The first kappa shape index (κ1) is 70.8. The first-order chi connectivity index (χ1) is 56.2. The molecule has 0 amide bonds. The Morgan fingerprint density at radius 1 is 0.351 bits per heavy atom. The second kappa shape index (κ2) is 32.0. The number of nitrogens with two attached hydrogens (primary N) is 1. The molecule has 0 bridgehead atoms. The number of H-pyrrole nitrogens is 4. The Hall–Kier alpha value is -16.1. The Morgan fingerprint density at radius 2 is 0.737 bits per heavy atom. The Balaban J connectivity index is 0.000000110. The lowest BCUT2D eigenvalue weighted by molar-refractivity contribution is 0.416. The van der Waals surface area contributed by atoms with Crippen molar-refractivity contribution < 1.29 is 41.0 Å². The molecule has 0 aliphatic heterocycles. The molecule has 0 unspecified atom stereocenters. The van der Waals surface area contributed by atoms with Crippen LogP contribution in [0.5, 0.6) is 23.0 Å². The van der Waals surface area contributed by atoms with E-state index in [0.717, 1.165) is 119 Å². The van der Waals surface area contributed by atoms with Gasteiger partial charge in [-0.3, -0.25) is 20.4 Å². The van der Waals surface area contributed by atoms with Gasteiger partial charge in [-0.05, 0) is 149 Å². The van der Waals surface area contributed by atoms with Crippen LogP contribution in [0.25, 0.3) is 123 Å². The van der Waals surface area contributed by atoms with Gasteiger partial charge < -0.3 is 68.0 Å². The van der Waals surface area contributed by atoms with Crippen LogP contribution in [0.4, 0.5) is 52.0 Å². The van der Waals surface area contributed by atoms with E-state index in [2.05, 4.69) is 151 Å². The van der Waals surface area contributed by atoms with Gasteiger partial charge in [0.1, 0.15) is 82.4 Å². The van der Waals surface area contributed by atoms with Gasteiger partial charge in [0, 0.05) is 16.7 Å². The van der Waals surface area contributed by atoms with Crippen molar-refractivity contribution in [3.63, 3.8) is 0 Å². The van der Waals surface area contributed by atoms with Gasteiger partial charge in [0.2, 0.25) is 5.95 Å². The van der Waals surface area contributed by atoms with Crippen LogP contribution in [0.1, 0.15) is 24.2 Å². The van der Waals surface area contributed by atoms with Gasteiger partial charge in [-0.15, -0.1) is 0 Å². The van der Waals surface area contributed by atoms with E-state index in [1.54, 1.807) is 78.3 Å². The number of aromatic nitrogens is 16. The number of hydrogen-bond donors (Lipinski definition) is 9. The van der Waals surface area contributed by atoms with Crippen LogP contribution >= 0.6 is 0 Å². The summed E-state index contributed by atoms with van der Waals surface area (Å²) in [5.41, 5.74) is 23.5. The minimum absolute atomic E-state index is 0.112. The van der Waals surface area contributed by atoms with Crippen molar-refractivity contribution >= 4 is 107 Å². The molecular weight excluding hydrogens is 1450 g/mol. The lowest BCUT2D eigenvalue weighted by Gasteiger charge is -2.14. The lowest BCUT2D eigenvalue weighted by Crippen LogP contribution is -2.02. The molecule has 0 fully saturated rings. The van der Waals surface area contributed by atoms with E-state index in [9.17, 15) is 0 Å². The van der Waals surface area contributed by atoms with Crippen molar-refractivity contribution in [2.75, 3.05) is 55.4 Å². The fourth-order valence-electron chi connectivity index (χ4n) is 13.1. The second-order valence-electron chi connectivity index (χ2n) is 25.4. The number of methoxy groups -OCH3 is 4. The van der Waals surface area contributed by atoms with Crippen LogP contribution in [-0.4, -0.2) is 109 Å². The molecular formula is C84H67N21O9. The number of fused-ring (bicyclic) bond motifs is 4. The number of nitrogens with zero attached hydrogens (tertiary/aromatic N) is 12. The van der Waals surface area contributed by atoms with Crippen LogP contribution in [0, 0.1) is 0 Å². The number of nitrogen functional groups attached to an aromatic ring is 1. The van der Waals surface area contributed by atoms with Gasteiger partial charge in [0.25, 0.3) is 0 Å². The van der Waals surface area contributed by atoms with Crippen molar-refractivity contribution in [1.29, 1.82) is 0 Å². The standard InChI is InChI=1S/C22H18N6O2.2C21H17N5O2.C20H15N5O3/c1-29-16-10-9-14(13-6-3-2-4-7-13)12-15(16)24-20-18-19(17-8-5-11-30-17)27-28-21(18)26-22(23)25-20;1-27-17-9-8-14(16-7-4-10-28-16)11-15(17)24-20-18-19(13-5-2-3-6-13)25-26-21(18)23-12-22-20;1-27-17-7-6-14(15-8-9-28-11-15)10-16(17)24-20-18-19(13-4-2-3-5-13)25-26-21(18)23-12-22-20;1-26-15-5-4-12(13-6-8-27-10-13)9-14(15)23-19-17-18(16-3-2-7-28-16)24-25-20(17)22-11-21-19/h2-12H,1H3,(H4,23,24,25,26,27,28);2*2,4-12H,3H2,1H3,(H2,22,23,24,25,26);2-11H,1H3,(H2,21,22,23,24,25). The maximum absolute atomic E-state index is 5.93. The quantitative estimate of drug-likeness (QED) is 0.0342. The summed E-state index contributed by atoms with van der Waals surface area (Å²) in [7, 11) is 6.53. The number of aromatic amines is 4. The maximum atomic E-state index is 5.93. The molecule has 114 heavy (non-hydrogen) atoms. The van der Waals surface area contributed by atoms with Gasteiger partial charge in [-0.2, -0.15) is 30.4 Å². The van der Waals surface area contributed by atoms with Gasteiger partial charge in [-0.25, -0.2) is 29.9 Å². The molecule has 0 saturated heterocycles. The largest absolute Gasteiger partial charge is 0.495 e. The Labute approximate surface area is 647 Å². The number of benzene rings is 5. The zero-order chi connectivity index (χ0) is 77.3. The van der Waals surface area contributed by atoms with Crippen LogP contribution in [0.3, 0.4) is 0 Å². The fourth-order valence-corrected chi connectivity index (χ4v) is 13.1. The molecule has 0 spiro atoms. The molecule has 30 nitrogen and oxygen atoms in total. The highest BCUT2D eigenvalue weighted by atomic mass is 16.5. The summed E-state index contributed by atoms with van der Waals surface area (Å²) in [5.74, 6) is 7.35. The predicted molar refractivity (Wildman–Crippen MR) is 434 cm³/mol. The average molecular weight is 1510 g/mol. The zero-order valence-corrected chi connectivity index (χ0v) is 61.2. The molecule has 0 saturated carbocycles. The van der Waals surface area contributed by atoms with Crippen molar-refractivity contribution in [2.24, 2.45) is 0 Å². The number of allylic oxidation sites excluding steroid dienone is 8. The first-order valence-electron chi connectivity index (χ1n) is 35.6. The molecule has 10 N–H and O–H groups in total. The van der Waals surface area contributed by atoms with E-state index < -0.39 is 0 Å². The SMILES string of the molecule is COc1ccc(-c2ccccc2)cc1Nc1nc(N)nc2n[nH]c(-c3ccco3)c12.COc1ccc(-c2ccco2)cc1Nc1ncnc2n[nH]c(C3=CCC=C3)c12.COc1ccc(-c2ccoc2)cc1Nc1ncnc2n[nH]c(-c3ccco3)c12.COc1ccc(-c2ccoc2)cc1Nc1ncnc2n[nH]c(C3=CCC=C3)c12. The summed E-state index contributed by atoms with van der Waals surface area (Å²) >= 11 is 0. The molecule has 5 aromatic carbocycles. The van der Waals surface area contributed by atoms with Crippen LogP contribution in [-0.2, 0) is 0 Å². The van der Waals surface area contributed by atoms with Gasteiger partial charge in [-0.1, -0.05) is 85.0 Å². The molecule has 0 radical (unpaired) electrons. The zero-order valence-electron chi connectivity index (χ0n) is 61.2. The third kappa shape index (κ3) is 14.6. The summed E-state index contributed by atoms with van der Waals surface area (Å²) in [5, 5.41) is 45.9. The van der Waals surface area contributed by atoms with E-state index in [1.807, 2.05) is 133 Å². The highest BCUT2D eigenvalue weighted by Crippen LogP contribution is 2.43. The number of anilines is 9. The summed E-state index contributed by atoms with van der Waals surface area (Å²) in [6, 6.07) is 48.5. The number of hydrogen-bond acceptors (Lipinski definition) is 26. The average Bonchev–Trinajstić information content (AvgIpc) is 1.64. The molecule has 562 valence electrons. The molecule has 0 atom stereocenters. The maximum Gasteiger partial charge on any atom is 0.224 e. The van der Waals surface area contributed by atoms with Crippen molar-refractivity contribution in [3.05, 3.63) is 262 Å².